The van der Waals surface area contributed by atoms with Gasteiger partial charge in [0, 0.05) is 32.7 Å². The molecule has 0 aliphatic carbocycles. The smallest absolute Gasteiger partial charge is 0.320 e. The number of carbonyl (C=O) groups is 2. The maximum atomic E-state index is 12.6. The molecular formula is C14H23N3O4. The Hall–Kier alpha value is -1.34. The van der Waals surface area contributed by atoms with Crippen LogP contribution in [0.4, 0.5) is 4.79 Å². The maximum Gasteiger partial charge on any atom is 0.320 e. The lowest BCUT2D eigenvalue weighted by Crippen LogP contribution is -2.55. The normalized spacial score (nSPS) is 27.0. The molecule has 0 aromatic rings. The minimum atomic E-state index is -0.293. The van der Waals surface area contributed by atoms with Crippen LogP contribution in [0.3, 0.4) is 0 Å². The molecular weight excluding hydrogens is 274 g/mol. The van der Waals surface area contributed by atoms with Gasteiger partial charge in [-0.05, 0) is 12.8 Å². The summed E-state index contributed by atoms with van der Waals surface area (Å²) in [5.41, 5.74) is 0. The van der Waals surface area contributed by atoms with Crippen molar-refractivity contribution in [2.75, 3.05) is 59.2 Å². The van der Waals surface area contributed by atoms with Crippen LogP contribution in [0.15, 0.2) is 0 Å². The van der Waals surface area contributed by atoms with Crippen molar-refractivity contribution in [1.29, 1.82) is 0 Å². The second kappa shape index (κ2) is 6.62. The van der Waals surface area contributed by atoms with E-state index in [2.05, 4.69) is 0 Å². The van der Waals surface area contributed by atoms with Crippen LogP contribution in [0.1, 0.15) is 12.8 Å². The molecule has 0 bridgehead atoms. The number of rotatable bonds is 1. The summed E-state index contributed by atoms with van der Waals surface area (Å²) in [5.74, 6) is 0.0809. The predicted octanol–water partition coefficient (Wildman–Crippen LogP) is -0.238. The first-order valence-corrected chi connectivity index (χ1v) is 7.77. The van der Waals surface area contributed by atoms with Crippen LogP contribution in [-0.4, -0.2) is 91.8 Å². The topological polar surface area (TPSA) is 62.3 Å². The van der Waals surface area contributed by atoms with Gasteiger partial charge in [0.1, 0.15) is 6.04 Å². The lowest BCUT2D eigenvalue weighted by Gasteiger charge is -2.36. The van der Waals surface area contributed by atoms with E-state index in [1.807, 2.05) is 4.90 Å². The number of ether oxygens (including phenoxy) is 2. The minimum Gasteiger partial charge on any atom is -0.378 e. The van der Waals surface area contributed by atoms with E-state index in [4.69, 9.17) is 9.47 Å². The van der Waals surface area contributed by atoms with Crippen molar-refractivity contribution in [1.82, 2.24) is 14.7 Å². The van der Waals surface area contributed by atoms with Crippen LogP contribution in [0.25, 0.3) is 0 Å². The zero-order valence-electron chi connectivity index (χ0n) is 12.3. The van der Waals surface area contributed by atoms with Gasteiger partial charge in [0.25, 0.3) is 0 Å². The molecule has 3 rings (SSSR count). The quantitative estimate of drug-likeness (QED) is 0.670. The zero-order valence-corrected chi connectivity index (χ0v) is 12.3. The van der Waals surface area contributed by atoms with E-state index in [0.717, 1.165) is 12.8 Å². The van der Waals surface area contributed by atoms with Crippen LogP contribution in [0, 0.1) is 0 Å². The number of nitrogens with zero attached hydrogens (tertiary/aromatic N) is 3. The largest absolute Gasteiger partial charge is 0.378 e. The van der Waals surface area contributed by atoms with E-state index in [1.165, 1.54) is 0 Å². The third kappa shape index (κ3) is 3.13. The van der Waals surface area contributed by atoms with E-state index in [-0.39, 0.29) is 18.0 Å². The molecule has 7 nitrogen and oxygen atoms in total. The zero-order chi connectivity index (χ0) is 14.7. The summed E-state index contributed by atoms with van der Waals surface area (Å²) in [7, 11) is 0. The molecule has 0 radical (unpaired) electrons. The molecule has 0 aromatic heterocycles. The fourth-order valence-electron chi connectivity index (χ4n) is 3.18. The Morgan fingerprint density at radius 1 is 0.810 bits per heavy atom. The average Bonchev–Trinajstić information content (AvgIpc) is 3.04. The summed E-state index contributed by atoms with van der Waals surface area (Å²) in [4.78, 5) is 30.6. The summed E-state index contributed by atoms with van der Waals surface area (Å²) in [6.45, 7) is 5.54. The molecule has 3 aliphatic rings. The van der Waals surface area contributed by atoms with Crippen molar-refractivity contribution < 1.29 is 19.1 Å². The maximum absolute atomic E-state index is 12.6. The highest BCUT2D eigenvalue weighted by Gasteiger charge is 2.38. The Morgan fingerprint density at radius 2 is 1.38 bits per heavy atom. The lowest BCUT2D eigenvalue weighted by atomic mass is 10.2. The number of hydrogen-bond donors (Lipinski definition) is 0. The summed E-state index contributed by atoms with van der Waals surface area (Å²) < 4.78 is 10.6. The van der Waals surface area contributed by atoms with Crippen LogP contribution < -0.4 is 0 Å². The van der Waals surface area contributed by atoms with Gasteiger partial charge in [-0.25, -0.2) is 4.79 Å². The van der Waals surface area contributed by atoms with Crippen molar-refractivity contribution in [3.05, 3.63) is 0 Å². The monoisotopic (exact) mass is 297 g/mol. The van der Waals surface area contributed by atoms with Crippen LogP contribution in [-0.2, 0) is 14.3 Å². The second-order valence-corrected chi connectivity index (χ2v) is 5.67. The van der Waals surface area contributed by atoms with Crippen LogP contribution in [0.5, 0.6) is 0 Å². The number of carbonyl (C=O) groups excluding carboxylic acids is 2. The second-order valence-electron chi connectivity index (χ2n) is 5.67. The van der Waals surface area contributed by atoms with E-state index in [9.17, 15) is 9.59 Å². The fraction of sp³-hybridized carbons (Fsp3) is 0.857. The lowest BCUT2D eigenvalue weighted by molar-refractivity contribution is -0.139. The van der Waals surface area contributed by atoms with Gasteiger partial charge in [-0.1, -0.05) is 0 Å². The van der Waals surface area contributed by atoms with Gasteiger partial charge >= 0.3 is 6.03 Å². The molecule has 3 heterocycles. The highest BCUT2D eigenvalue weighted by molar-refractivity contribution is 5.87. The number of urea groups is 1. The molecule has 0 saturated carbocycles. The Bertz CT molecular complexity index is 356. The molecule has 21 heavy (non-hydrogen) atoms. The molecule has 3 aliphatic heterocycles. The summed E-state index contributed by atoms with van der Waals surface area (Å²) in [6, 6.07) is -0.305. The summed E-state index contributed by atoms with van der Waals surface area (Å²) in [5, 5.41) is 0. The third-order valence-electron chi connectivity index (χ3n) is 4.39. The molecule has 3 amide bonds. The van der Waals surface area contributed by atoms with Crippen LogP contribution >= 0.6 is 0 Å². The predicted molar refractivity (Wildman–Crippen MR) is 74.9 cm³/mol. The van der Waals surface area contributed by atoms with Crippen molar-refractivity contribution in [2.24, 2.45) is 0 Å². The van der Waals surface area contributed by atoms with Crippen molar-refractivity contribution >= 4 is 11.9 Å². The Kier molecular flexibility index (Phi) is 4.60. The molecule has 0 N–H and O–H groups in total. The molecule has 0 unspecified atom stereocenters. The highest BCUT2D eigenvalue weighted by atomic mass is 16.5. The van der Waals surface area contributed by atoms with E-state index in [0.29, 0.717) is 59.2 Å². The van der Waals surface area contributed by atoms with E-state index in [1.54, 1.807) is 9.80 Å². The molecule has 0 spiro atoms. The first-order valence-electron chi connectivity index (χ1n) is 7.77. The first kappa shape index (κ1) is 14.6. The van der Waals surface area contributed by atoms with Gasteiger partial charge in [-0.15, -0.1) is 0 Å². The highest BCUT2D eigenvalue weighted by Crippen LogP contribution is 2.22. The Balaban J connectivity index is 1.63. The fourth-order valence-corrected chi connectivity index (χ4v) is 3.18. The standard InChI is InChI=1S/C14H23N3O4/c18-13(15-4-8-20-9-5-15)12-2-1-3-17(12)14(19)16-6-10-21-11-7-16/h12H,1-11H2/t12-/m1/s1. The SMILES string of the molecule is O=C([C@H]1CCCN1C(=O)N1CCOCC1)N1CCOCC1. The van der Waals surface area contributed by atoms with Gasteiger partial charge < -0.3 is 24.2 Å². The van der Waals surface area contributed by atoms with Gasteiger partial charge in [0.2, 0.25) is 5.91 Å². The van der Waals surface area contributed by atoms with E-state index >= 15 is 0 Å². The van der Waals surface area contributed by atoms with Gasteiger partial charge in [-0.2, -0.15) is 0 Å². The first-order chi connectivity index (χ1) is 10.3. The van der Waals surface area contributed by atoms with Crippen molar-refractivity contribution in [3.63, 3.8) is 0 Å². The number of hydrogen-bond acceptors (Lipinski definition) is 4. The van der Waals surface area contributed by atoms with Gasteiger partial charge in [0.05, 0.1) is 26.4 Å². The molecule has 118 valence electrons. The summed E-state index contributed by atoms with van der Waals surface area (Å²) in [6.07, 6.45) is 1.67. The summed E-state index contributed by atoms with van der Waals surface area (Å²) >= 11 is 0. The third-order valence-corrected chi connectivity index (χ3v) is 4.39. The number of morpholine rings is 2. The Morgan fingerprint density at radius 3 is 2.00 bits per heavy atom. The van der Waals surface area contributed by atoms with E-state index < -0.39 is 0 Å². The Labute approximate surface area is 124 Å². The molecule has 3 saturated heterocycles. The number of likely N-dealkylation sites (tertiary alicyclic amines) is 1. The van der Waals surface area contributed by atoms with Gasteiger partial charge in [0.15, 0.2) is 0 Å². The van der Waals surface area contributed by atoms with Crippen molar-refractivity contribution in [3.8, 4) is 0 Å². The molecule has 7 heteroatoms. The molecule has 0 aromatic carbocycles. The van der Waals surface area contributed by atoms with Gasteiger partial charge in [-0.3, -0.25) is 4.79 Å². The number of amides is 3. The van der Waals surface area contributed by atoms with Crippen molar-refractivity contribution in [2.45, 2.75) is 18.9 Å². The molecule has 3 fully saturated rings. The average molecular weight is 297 g/mol. The molecule has 1 atom stereocenters. The minimum absolute atomic E-state index is 0.0117. The van der Waals surface area contributed by atoms with Crippen LogP contribution in [0.2, 0.25) is 0 Å².